The van der Waals surface area contributed by atoms with E-state index in [0.29, 0.717) is 11.9 Å². The Morgan fingerprint density at radius 3 is 2.50 bits per heavy atom. The number of ether oxygens (including phenoxy) is 3. The molecule has 0 N–H and O–H groups in total. The highest BCUT2D eigenvalue weighted by Gasteiger charge is 2.31. The van der Waals surface area contributed by atoms with Gasteiger partial charge in [0.1, 0.15) is 23.1 Å². The third kappa shape index (κ3) is 5.87. The summed E-state index contributed by atoms with van der Waals surface area (Å²) < 4.78 is 54.1. The molecule has 30 heavy (non-hydrogen) atoms. The Balaban J connectivity index is 1.56. The zero-order valence-electron chi connectivity index (χ0n) is 15.5. The molecule has 0 saturated carbocycles. The Bertz CT molecular complexity index is 994. The third-order valence-corrected chi connectivity index (χ3v) is 4.88. The summed E-state index contributed by atoms with van der Waals surface area (Å²) in [4.78, 5) is 16.5. The van der Waals surface area contributed by atoms with Crippen LogP contribution in [0.4, 0.5) is 13.2 Å². The van der Waals surface area contributed by atoms with Crippen molar-refractivity contribution < 1.29 is 32.2 Å². The van der Waals surface area contributed by atoms with Crippen LogP contribution in [0.2, 0.25) is 5.02 Å². The van der Waals surface area contributed by atoms with Crippen molar-refractivity contribution in [2.24, 2.45) is 0 Å². The zero-order chi connectivity index (χ0) is 21.7. The van der Waals surface area contributed by atoms with E-state index in [1.54, 1.807) is 6.92 Å². The number of hydrogen-bond donors (Lipinski definition) is 0. The van der Waals surface area contributed by atoms with Crippen LogP contribution in [0.1, 0.15) is 17.4 Å². The van der Waals surface area contributed by atoms with E-state index in [4.69, 9.17) is 25.8 Å². The van der Waals surface area contributed by atoms with Crippen molar-refractivity contribution >= 4 is 28.9 Å². The van der Waals surface area contributed by atoms with Crippen LogP contribution in [-0.4, -0.2) is 17.1 Å². The molecule has 0 aliphatic carbocycles. The van der Waals surface area contributed by atoms with Gasteiger partial charge in [0.2, 0.25) is 5.88 Å². The van der Waals surface area contributed by atoms with Crippen molar-refractivity contribution in [1.29, 1.82) is 0 Å². The third-order valence-electron chi connectivity index (χ3n) is 3.75. The summed E-state index contributed by atoms with van der Waals surface area (Å²) in [5.74, 6) is -0.00727. The minimum Gasteiger partial charge on any atom is -0.479 e. The largest absolute Gasteiger partial charge is 0.479 e. The van der Waals surface area contributed by atoms with Crippen LogP contribution in [0.5, 0.6) is 17.4 Å². The number of aromatic nitrogens is 1. The molecule has 3 rings (SSSR count). The number of carbonyl (C=O) groups excluding carboxylic acids is 1. The molecule has 1 aromatic carbocycles. The molecule has 0 bridgehead atoms. The standard InChI is InChI=1S/C20H15ClF3NO4S/c1-12(19(26)27-11-16-3-2-8-30-16)28-14-4-6-15(7-5-14)29-18-17(21)9-13(10-25-18)20(22,23)24/h2-10,12H,11H2,1H3. The van der Waals surface area contributed by atoms with E-state index in [1.165, 1.54) is 35.6 Å². The lowest BCUT2D eigenvalue weighted by molar-refractivity contribution is -0.152. The van der Waals surface area contributed by atoms with Gasteiger partial charge in [-0.05, 0) is 48.7 Å². The molecule has 0 radical (unpaired) electrons. The van der Waals surface area contributed by atoms with E-state index in [9.17, 15) is 18.0 Å². The van der Waals surface area contributed by atoms with Crippen molar-refractivity contribution in [3.8, 4) is 17.4 Å². The van der Waals surface area contributed by atoms with Gasteiger partial charge in [0.25, 0.3) is 0 Å². The second kappa shape index (κ2) is 9.36. The molecule has 0 aliphatic heterocycles. The second-order valence-electron chi connectivity index (χ2n) is 6.03. The lowest BCUT2D eigenvalue weighted by Gasteiger charge is -2.14. The Labute approximate surface area is 179 Å². The molecule has 3 aromatic rings. The SMILES string of the molecule is CC(Oc1ccc(Oc2ncc(C(F)(F)F)cc2Cl)cc1)C(=O)OCc1cccs1. The summed E-state index contributed by atoms with van der Waals surface area (Å²) in [5, 5.41) is 1.62. The predicted molar refractivity (Wildman–Crippen MR) is 105 cm³/mol. The quantitative estimate of drug-likeness (QED) is 0.400. The van der Waals surface area contributed by atoms with Crippen LogP contribution >= 0.6 is 22.9 Å². The molecule has 2 heterocycles. The molecule has 0 saturated heterocycles. The molecule has 0 amide bonds. The van der Waals surface area contributed by atoms with Crippen molar-refractivity contribution in [3.05, 3.63) is 69.5 Å². The van der Waals surface area contributed by atoms with E-state index in [1.807, 2.05) is 17.5 Å². The first-order chi connectivity index (χ1) is 14.2. The molecule has 0 aliphatic rings. The van der Waals surface area contributed by atoms with E-state index >= 15 is 0 Å². The van der Waals surface area contributed by atoms with Gasteiger partial charge >= 0.3 is 12.1 Å². The molecular weight excluding hydrogens is 443 g/mol. The summed E-state index contributed by atoms with van der Waals surface area (Å²) in [7, 11) is 0. The van der Waals surface area contributed by atoms with Gasteiger partial charge in [0.15, 0.2) is 6.10 Å². The molecule has 1 atom stereocenters. The van der Waals surface area contributed by atoms with Gasteiger partial charge in [-0.15, -0.1) is 11.3 Å². The molecule has 10 heteroatoms. The first kappa shape index (κ1) is 21.9. The molecule has 0 fully saturated rings. The highest BCUT2D eigenvalue weighted by molar-refractivity contribution is 7.09. The minimum atomic E-state index is -4.55. The van der Waals surface area contributed by atoms with Gasteiger partial charge < -0.3 is 14.2 Å². The number of esters is 1. The number of rotatable bonds is 7. The maximum Gasteiger partial charge on any atom is 0.417 e. The lowest BCUT2D eigenvalue weighted by atomic mass is 10.3. The van der Waals surface area contributed by atoms with Crippen molar-refractivity contribution in [3.63, 3.8) is 0 Å². The average Bonchev–Trinajstić information content (AvgIpc) is 3.22. The first-order valence-electron chi connectivity index (χ1n) is 8.58. The van der Waals surface area contributed by atoms with Gasteiger partial charge in [-0.1, -0.05) is 17.7 Å². The second-order valence-corrected chi connectivity index (χ2v) is 7.47. The minimum absolute atomic E-state index is 0.163. The predicted octanol–water partition coefficient (Wildman–Crippen LogP) is 6.12. The maximum absolute atomic E-state index is 12.7. The molecule has 1 unspecified atom stereocenters. The van der Waals surface area contributed by atoms with Crippen LogP contribution in [0.15, 0.2) is 54.0 Å². The highest BCUT2D eigenvalue weighted by atomic mass is 35.5. The summed E-state index contributed by atoms with van der Waals surface area (Å²) in [6.07, 6.45) is -4.74. The summed E-state index contributed by atoms with van der Waals surface area (Å²) >= 11 is 7.31. The van der Waals surface area contributed by atoms with Gasteiger partial charge in [0, 0.05) is 11.1 Å². The Hall–Kier alpha value is -2.78. The van der Waals surface area contributed by atoms with Crippen molar-refractivity contribution in [2.75, 3.05) is 0 Å². The molecule has 158 valence electrons. The molecular formula is C20H15ClF3NO4S. The number of nitrogens with zero attached hydrogens (tertiary/aromatic N) is 1. The lowest BCUT2D eigenvalue weighted by Crippen LogP contribution is -2.25. The topological polar surface area (TPSA) is 57.7 Å². The van der Waals surface area contributed by atoms with Gasteiger partial charge in [-0.3, -0.25) is 0 Å². The van der Waals surface area contributed by atoms with Crippen LogP contribution in [-0.2, 0) is 22.3 Å². The number of alkyl halides is 3. The maximum atomic E-state index is 12.7. The number of halogens is 4. The van der Waals surface area contributed by atoms with Crippen molar-refractivity contribution in [1.82, 2.24) is 4.98 Å². The van der Waals surface area contributed by atoms with Crippen LogP contribution < -0.4 is 9.47 Å². The zero-order valence-corrected chi connectivity index (χ0v) is 17.1. The fourth-order valence-electron chi connectivity index (χ4n) is 2.26. The summed E-state index contributed by atoms with van der Waals surface area (Å²) in [5.41, 5.74) is -0.969. The smallest absolute Gasteiger partial charge is 0.417 e. The van der Waals surface area contributed by atoms with E-state index < -0.39 is 23.8 Å². The van der Waals surface area contributed by atoms with Gasteiger partial charge in [-0.2, -0.15) is 13.2 Å². The first-order valence-corrected chi connectivity index (χ1v) is 9.84. The highest BCUT2D eigenvalue weighted by Crippen LogP contribution is 2.34. The molecule has 2 aromatic heterocycles. The van der Waals surface area contributed by atoms with Gasteiger partial charge in [-0.25, -0.2) is 9.78 Å². The fourth-order valence-corrected chi connectivity index (χ4v) is 3.08. The van der Waals surface area contributed by atoms with Crippen LogP contribution in [0, 0.1) is 0 Å². The molecule has 0 spiro atoms. The monoisotopic (exact) mass is 457 g/mol. The van der Waals surface area contributed by atoms with Gasteiger partial charge in [0.05, 0.1) is 5.56 Å². The number of hydrogen-bond acceptors (Lipinski definition) is 6. The number of thiophene rings is 1. The summed E-state index contributed by atoms with van der Waals surface area (Å²) in [6, 6.07) is 10.6. The van der Waals surface area contributed by atoms with Crippen LogP contribution in [0.3, 0.4) is 0 Å². The number of pyridine rings is 1. The fraction of sp³-hybridized carbons (Fsp3) is 0.200. The van der Waals surface area contributed by atoms with Crippen LogP contribution in [0.25, 0.3) is 0 Å². The number of benzene rings is 1. The number of carbonyl (C=O) groups is 1. The van der Waals surface area contributed by atoms with Crippen molar-refractivity contribution in [2.45, 2.75) is 25.8 Å². The average molecular weight is 458 g/mol. The Kier molecular flexibility index (Phi) is 6.84. The van der Waals surface area contributed by atoms with E-state index in [2.05, 4.69) is 4.98 Å². The normalized spacial score (nSPS) is 12.3. The molecule has 5 nitrogen and oxygen atoms in total. The Morgan fingerprint density at radius 1 is 1.20 bits per heavy atom. The summed E-state index contributed by atoms with van der Waals surface area (Å²) in [6.45, 7) is 1.74. The van der Waals surface area contributed by atoms with E-state index in [-0.39, 0.29) is 23.3 Å². The Morgan fingerprint density at radius 2 is 1.90 bits per heavy atom. The van der Waals surface area contributed by atoms with E-state index in [0.717, 1.165) is 10.9 Å².